The molecule has 0 spiro atoms. The summed E-state index contributed by atoms with van der Waals surface area (Å²) >= 11 is 6.56. The van der Waals surface area contributed by atoms with Crippen LogP contribution >= 0.6 is 11.6 Å². The minimum absolute atomic E-state index is 0.336. The lowest BCUT2D eigenvalue weighted by Crippen LogP contribution is -2.38. The maximum Gasteiger partial charge on any atom is 0.180 e. The van der Waals surface area contributed by atoms with E-state index in [0.29, 0.717) is 31.6 Å². The highest BCUT2D eigenvalue weighted by Gasteiger charge is 2.48. The lowest BCUT2D eigenvalue weighted by molar-refractivity contribution is -0.0925. The predicted octanol–water partition coefficient (Wildman–Crippen LogP) is 6.97. The molecule has 204 valence electrons. The Hall–Kier alpha value is -3.52. The Kier molecular flexibility index (Phi) is 8.52. The first kappa shape index (κ1) is 26.7. The van der Waals surface area contributed by atoms with E-state index in [1.54, 1.807) is 0 Å². The molecule has 1 aliphatic rings. The molecule has 2 heterocycles. The van der Waals surface area contributed by atoms with Gasteiger partial charge in [0, 0.05) is 5.39 Å². The van der Waals surface area contributed by atoms with Gasteiger partial charge in [0.1, 0.15) is 18.3 Å². The fraction of sp³-hybridized carbons (Fsp3) is 0.242. The first-order valence-corrected chi connectivity index (χ1v) is 13.8. The fourth-order valence-corrected chi connectivity index (χ4v) is 5.30. The number of ether oxygens (including phenoxy) is 4. The molecule has 4 aromatic carbocycles. The van der Waals surface area contributed by atoms with Gasteiger partial charge in [0.15, 0.2) is 11.4 Å². The molecule has 0 radical (unpaired) electrons. The zero-order valence-corrected chi connectivity index (χ0v) is 22.8. The third-order valence-corrected chi connectivity index (χ3v) is 7.34. The summed E-state index contributed by atoms with van der Waals surface area (Å²) in [5.74, 6) is 0. The molecule has 5 aromatic rings. The number of fused-ring (bicyclic) bond motifs is 1. The van der Waals surface area contributed by atoms with Gasteiger partial charge in [-0.1, -0.05) is 115 Å². The van der Waals surface area contributed by atoms with Gasteiger partial charge in [-0.25, -0.2) is 4.68 Å². The molecule has 40 heavy (non-hydrogen) atoms. The van der Waals surface area contributed by atoms with Crippen molar-refractivity contribution >= 4 is 22.5 Å². The maximum atomic E-state index is 6.68. The number of hydrogen-bond acceptors (Lipinski definition) is 5. The Morgan fingerprint density at radius 3 is 1.80 bits per heavy atom. The van der Waals surface area contributed by atoms with Gasteiger partial charge in [0.25, 0.3) is 0 Å². The molecule has 1 aromatic heterocycles. The summed E-state index contributed by atoms with van der Waals surface area (Å²) in [6.45, 7) is 1.63. The average Bonchev–Trinajstić information content (AvgIpc) is 3.53. The third kappa shape index (κ3) is 6.12. The first-order chi connectivity index (χ1) is 19.8. The highest BCUT2D eigenvalue weighted by atomic mass is 35.5. The Morgan fingerprint density at radius 2 is 1.18 bits per heavy atom. The molecule has 1 saturated heterocycles. The van der Waals surface area contributed by atoms with Crippen LogP contribution in [0, 0.1) is 0 Å². The number of para-hydroxylation sites is 1. The van der Waals surface area contributed by atoms with E-state index in [1.807, 2.05) is 108 Å². The Labute approximate surface area is 239 Å². The van der Waals surface area contributed by atoms with Gasteiger partial charge >= 0.3 is 0 Å². The van der Waals surface area contributed by atoms with E-state index in [9.17, 15) is 0 Å². The van der Waals surface area contributed by atoms with E-state index < -0.39 is 18.4 Å². The van der Waals surface area contributed by atoms with Crippen LogP contribution in [0.4, 0.5) is 0 Å². The zero-order chi connectivity index (χ0) is 27.1. The van der Waals surface area contributed by atoms with Gasteiger partial charge in [0.2, 0.25) is 0 Å². The van der Waals surface area contributed by atoms with Gasteiger partial charge in [-0.15, -0.1) is 0 Å². The van der Waals surface area contributed by atoms with Crippen LogP contribution in [0.25, 0.3) is 10.9 Å². The minimum Gasteiger partial charge on any atom is -0.374 e. The van der Waals surface area contributed by atoms with Crippen LogP contribution in [-0.2, 0) is 38.8 Å². The molecule has 6 nitrogen and oxygen atoms in total. The predicted molar refractivity (Wildman–Crippen MR) is 155 cm³/mol. The highest BCUT2D eigenvalue weighted by Crippen LogP contribution is 2.38. The van der Waals surface area contributed by atoms with Crippen LogP contribution in [0.2, 0.25) is 5.15 Å². The zero-order valence-electron chi connectivity index (χ0n) is 22.0. The summed E-state index contributed by atoms with van der Waals surface area (Å²) in [5.41, 5.74) is 4.11. The first-order valence-electron chi connectivity index (χ1n) is 13.5. The van der Waals surface area contributed by atoms with Crippen molar-refractivity contribution in [1.82, 2.24) is 9.78 Å². The molecular weight excluding hydrogens is 524 g/mol. The van der Waals surface area contributed by atoms with E-state index in [-0.39, 0.29) is 6.10 Å². The molecule has 0 bridgehead atoms. The largest absolute Gasteiger partial charge is 0.374 e. The fourth-order valence-electron chi connectivity index (χ4n) is 5.06. The Balaban J connectivity index is 1.30. The van der Waals surface area contributed by atoms with Crippen molar-refractivity contribution in [2.75, 3.05) is 6.61 Å². The summed E-state index contributed by atoms with van der Waals surface area (Å²) in [5, 5.41) is 5.96. The van der Waals surface area contributed by atoms with Crippen molar-refractivity contribution in [2.45, 2.75) is 44.4 Å². The van der Waals surface area contributed by atoms with Crippen molar-refractivity contribution in [3.05, 3.63) is 137 Å². The van der Waals surface area contributed by atoms with Crippen molar-refractivity contribution in [2.24, 2.45) is 0 Å². The van der Waals surface area contributed by atoms with Crippen LogP contribution < -0.4 is 0 Å². The summed E-state index contributed by atoms with van der Waals surface area (Å²) in [4.78, 5) is 0. The average molecular weight is 555 g/mol. The topological polar surface area (TPSA) is 54.7 Å². The van der Waals surface area contributed by atoms with Crippen molar-refractivity contribution < 1.29 is 18.9 Å². The molecule has 1 fully saturated rings. The molecule has 1 aliphatic heterocycles. The molecule has 0 unspecified atom stereocenters. The van der Waals surface area contributed by atoms with Gasteiger partial charge < -0.3 is 18.9 Å². The van der Waals surface area contributed by atoms with E-state index in [4.69, 9.17) is 30.5 Å². The summed E-state index contributed by atoms with van der Waals surface area (Å²) in [6.07, 6.45) is -1.83. The second-order valence-corrected chi connectivity index (χ2v) is 10.2. The van der Waals surface area contributed by atoms with Crippen LogP contribution in [0.15, 0.2) is 115 Å². The van der Waals surface area contributed by atoms with Gasteiger partial charge in [0.05, 0.1) is 31.9 Å². The molecule has 0 N–H and O–H groups in total. The molecule has 6 rings (SSSR count). The van der Waals surface area contributed by atoms with Gasteiger partial charge in [-0.05, 0) is 28.8 Å². The minimum atomic E-state index is -0.563. The van der Waals surface area contributed by atoms with Crippen LogP contribution in [0.3, 0.4) is 0 Å². The molecule has 4 atom stereocenters. The van der Waals surface area contributed by atoms with E-state index in [0.717, 1.165) is 27.6 Å². The van der Waals surface area contributed by atoms with Gasteiger partial charge in [-0.3, -0.25) is 0 Å². The van der Waals surface area contributed by atoms with Gasteiger partial charge in [-0.2, -0.15) is 5.10 Å². The molecular formula is C33H31ClN2O4. The number of rotatable bonds is 11. The second kappa shape index (κ2) is 12.8. The number of benzene rings is 4. The van der Waals surface area contributed by atoms with E-state index in [1.165, 1.54) is 0 Å². The lowest BCUT2D eigenvalue weighted by Gasteiger charge is -2.25. The number of nitrogens with zero attached hydrogens (tertiary/aromatic N) is 2. The smallest absolute Gasteiger partial charge is 0.180 e. The number of hydrogen-bond donors (Lipinski definition) is 0. The third-order valence-electron chi connectivity index (χ3n) is 7.06. The summed E-state index contributed by atoms with van der Waals surface area (Å²) in [7, 11) is 0. The Bertz CT molecular complexity index is 1500. The second-order valence-electron chi connectivity index (χ2n) is 9.84. The monoisotopic (exact) mass is 554 g/mol. The highest BCUT2D eigenvalue weighted by molar-refractivity contribution is 6.34. The Morgan fingerprint density at radius 1 is 0.650 bits per heavy atom. The maximum absolute atomic E-state index is 6.68. The van der Waals surface area contributed by atoms with Crippen LogP contribution in [-0.4, -0.2) is 34.7 Å². The molecule has 0 aliphatic carbocycles. The van der Waals surface area contributed by atoms with Crippen molar-refractivity contribution in [3.63, 3.8) is 0 Å². The van der Waals surface area contributed by atoms with Crippen LogP contribution in [0.5, 0.6) is 0 Å². The summed E-state index contributed by atoms with van der Waals surface area (Å²) < 4.78 is 27.8. The lowest BCUT2D eigenvalue weighted by atomic mass is 10.1. The number of halogens is 1. The van der Waals surface area contributed by atoms with Crippen LogP contribution in [0.1, 0.15) is 22.9 Å². The van der Waals surface area contributed by atoms with E-state index in [2.05, 4.69) is 17.2 Å². The van der Waals surface area contributed by atoms with Crippen molar-refractivity contribution in [3.8, 4) is 0 Å². The standard InChI is InChI=1S/C33H31ClN2O4/c34-32-27-18-10-11-19-28(27)36(35-32)33-31(39-22-26-16-8-3-9-17-26)30(38-21-25-14-6-2-7-15-25)29(40-33)23-37-20-24-12-4-1-5-13-24/h1-19,29-31,33H,20-23H2/t29-,30-,31-,33-/m1/s1. The number of aromatic nitrogens is 2. The quantitative estimate of drug-likeness (QED) is 0.176. The molecule has 7 heteroatoms. The SMILES string of the molecule is Clc1nn([C@@H]2O[C@H](COCc3ccccc3)[C@@H](OCc3ccccc3)[C@H]2OCc2ccccc2)c2ccccc12. The summed E-state index contributed by atoms with van der Waals surface area (Å²) in [6, 6.07) is 38.2. The normalized spacial score (nSPS) is 20.7. The molecule has 0 saturated carbocycles. The van der Waals surface area contributed by atoms with Crippen molar-refractivity contribution in [1.29, 1.82) is 0 Å². The molecule has 0 amide bonds. The van der Waals surface area contributed by atoms with E-state index >= 15 is 0 Å².